The van der Waals surface area contributed by atoms with E-state index in [1.807, 2.05) is 0 Å². The highest BCUT2D eigenvalue weighted by molar-refractivity contribution is 7.10. The smallest absolute Gasteiger partial charge is 0.0556 e. The first-order valence-corrected chi connectivity index (χ1v) is 7.23. The molecule has 0 aliphatic carbocycles. The van der Waals surface area contributed by atoms with Crippen LogP contribution in [0.4, 0.5) is 0 Å². The van der Waals surface area contributed by atoms with Crippen LogP contribution < -0.4 is 11.3 Å². The fourth-order valence-corrected chi connectivity index (χ4v) is 3.21. The standard InChI is InChI=1S/C15H20N2S/c1-12-10-11-18-15(12)14(17-16)9-5-8-13-6-3-2-4-7-13/h2-4,6-7,10-11,14,17H,5,8-9,16H2,1H3. The molecule has 0 spiro atoms. The van der Waals surface area contributed by atoms with Crippen LogP contribution in [-0.2, 0) is 6.42 Å². The van der Waals surface area contributed by atoms with Gasteiger partial charge in [-0.3, -0.25) is 11.3 Å². The minimum Gasteiger partial charge on any atom is -0.271 e. The third kappa shape index (κ3) is 3.42. The van der Waals surface area contributed by atoms with E-state index in [0.29, 0.717) is 0 Å². The molecule has 18 heavy (non-hydrogen) atoms. The zero-order valence-electron chi connectivity index (χ0n) is 10.7. The fourth-order valence-electron chi connectivity index (χ4n) is 2.19. The van der Waals surface area contributed by atoms with Gasteiger partial charge in [-0.25, -0.2) is 0 Å². The first-order chi connectivity index (χ1) is 8.81. The van der Waals surface area contributed by atoms with Crippen LogP contribution in [0, 0.1) is 6.92 Å². The number of hydrogen-bond acceptors (Lipinski definition) is 3. The van der Waals surface area contributed by atoms with Gasteiger partial charge >= 0.3 is 0 Å². The molecule has 2 nitrogen and oxygen atoms in total. The van der Waals surface area contributed by atoms with Gasteiger partial charge in [0.1, 0.15) is 0 Å². The highest BCUT2D eigenvalue weighted by Crippen LogP contribution is 2.27. The molecular formula is C15H20N2S. The van der Waals surface area contributed by atoms with Crippen LogP contribution in [0.15, 0.2) is 41.8 Å². The van der Waals surface area contributed by atoms with Crippen LogP contribution in [0.1, 0.15) is 34.9 Å². The first-order valence-electron chi connectivity index (χ1n) is 6.35. The third-order valence-corrected chi connectivity index (χ3v) is 4.35. The second-order valence-electron chi connectivity index (χ2n) is 4.56. The number of rotatable bonds is 6. The molecule has 1 unspecified atom stereocenters. The second kappa shape index (κ2) is 6.69. The maximum Gasteiger partial charge on any atom is 0.0556 e. The average molecular weight is 260 g/mol. The lowest BCUT2D eigenvalue weighted by Crippen LogP contribution is -2.27. The van der Waals surface area contributed by atoms with E-state index < -0.39 is 0 Å². The van der Waals surface area contributed by atoms with E-state index in [0.717, 1.165) is 19.3 Å². The van der Waals surface area contributed by atoms with E-state index >= 15 is 0 Å². The molecule has 2 rings (SSSR count). The van der Waals surface area contributed by atoms with Crippen molar-refractivity contribution in [3.8, 4) is 0 Å². The Bertz CT molecular complexity index is 464. The van der Waals surface area contributed by atoms with E-state index in [1.54, 1.807) is 11.3 Å². The number of nitrogens with two attached hydrogens (primary N) is 1. The minimum absolute atomic E-state index is 0.286. The molecule has 0 radical (unpaired) electrons. The Kier molecular flexibility index (Phi) is 4.93. The molecule has 1 heterocycles. The van der Waals surface area contributed by atoms with Crippen molar-refractivity contribution in [3.63, 3.8) is 0 Å². The summed E-state index contributed by atoms with van der Waals surface area (Å²) in [6.45, 7) is 2.15. The molecule has 0 aliphatic rings. The molecule has 0 amide bonds. The summed E-state index contributed by atoms with van der Waals surface area (Å²) >= 11 is 1.79. The maximum absolute atomic E-state index is 5.67. The van der Waals surface area contributed by atoms with Crippen molar-refractivity contribution < 1.29 is 0 Å². The SMILES string of the molecule is Cc1ccsc1C(CCCc1ccccc1)NN. The van der Waals surface area contributed by atoms with Gasteiger partial charge in [-0.15, -0.1) is 11.3 Å². The van der Waals surface area contributed by atoms with Crippen molar-refractivity contribution in [1.82, 2.24) is 5.43 Å². The highest BCUT2D eigenvalue weighted by Gasteiger charge is 2.12. The molecule has 3 N–H and O–H groups in total. The number of hydrazine groups is 1. The van der Waals surface area contributed by atoms with E-state index in [2.05, 4.69) is 54.1 Å². The van der Waals surface area contributed by atoms with Gasteiger partial charge in [-0.05, 0) is 48.8 Å². The van der Waals surface area contributed by atoms with Crippen LogP contribution >= 0.6 is 11.3 Å². The van der Waals surface area contributed by atoms with Gasteiger partial charge in [0.15, 0.2) is 0 Å². The van der Waals surface area contributed by atoms with E-state index in [9.17, 15) is 0 Å². The zero-order valence-corrected chi connectivity index (χ0v) is 11.5. The van der Waals surface area contributed by atoms with E-state index in [-0.39, 0.29) is 6.04 Å². The Morgan fingerprint density at radius 1 is 1.22 bits per heavy atom. The highest BCUT2D eigenvalue weighted by atomic mass is 32.1. The van der Waals surface area contributed by atoms with Crippen LogP contribution in [0.5, 0.6) is 0 Å². The molecule has 1 atom stereocenters. The van der Waals surface area contributed by atoms with Gasteiger partial charge in [-0.2, -0.15) is 0 Å². The quantitative estimate of drug-likeness (QED) is 0.615. The lowest BCUT2D eigenvalue weighted by molar-refractivity contribution is 0.504. The molecule has 1 aromatic carbocycles. The number of thiophene rings is 1. The Balaban J connectivity index is 1.87. The molecule has 96 valence electrons. The second-order valence-corrected chi connectivity index (χ2v) is 5.51. The Labute approximate surface area is 113 Å². The Morgan fingerprint density at radius 3 is 2.61 bits per heavy atom. The molecule has 0 saturated carbocycles. The molecule has 0 bridgehead atoms. The summed E-state index contributed by atoms with van der Waals surface area (Å²) in [5, 5.41) is 2.13. The van der Waals surface area contributed by atoms with Crippen molar-refractivity contribution in [2.45, 2.75) is 32.2 Å². The van der Waals surface area contributed by atoms with Crippen molar-refractivity contribution >= 4 is 11.3 Å². The molecule has 2 aromatic rings. The summed E-state index contributed by atoms with van der Waals surface area (Å²) in [5.74, 6) is 5.67. The molecule has 3 heteroatoms. The fraction of sp³-hybridized carbons (Fsp3) is 0.333. The Hall–Kier alpha value is -1.16. The average Bonchev–Trinajstić information content (AvgIpc) is 2.82. The molecule has 0 aliphatic heterocycles. The van der Waals surface area contributed by atoms with Crippen LogP contribution in [-0.4, -0.2) is 0 Å². The van der Waals surface area contributed by atoms with Crippen molar-refractivity contribution in [3.05, 3.63) is 57.8 Å². The predicted octanol–water partition coefficient (Wildman–Crippen LogP) is 3.58. The predicted molar refractivity (Wildman–Crippen MR) is 78.5 cm³/mol. The van der Waals surface area contributed by atoms with Crippen molar-refractivity contribution in [2.75, 3.05) is 0 Å². The summed E-state index contributed by atoms with van der Waals surface area (Å²) in [6, 6.07) is 13.1. The Morgan fingerprint density at radius 2 is 2.00 bits per heavy atom. The largest absolute Gasteiger partial charge is 0.271 e. The number of nitrogens with one attached hydrogen (secondary N) is 1. The number of benzene rings is 1. The lowest BCUT2D eigenvalue weighted by Gasteiger charge is -2.15. The monoisotopic (exact) mass is 260 g/mol. The van der Waals surface area contributed by atoms with Crippen LogP contribution in [0.25, 0.3) is 0 Å². The molecule has 0 fully saturated rings. The molecule has 0 saturated heterocycles. The topological polar surface area (TPSA) is 38.0 Å². The van der Waals surface area contributed by atoms with E-state index in [1.165, 1.54) is 16.0 Å². The van der Waals surface area contributed by atoms with E-state index in [4.69, 9.17) is 5.84 Å². The van der Waals surface area contributed by atoms with Gasteiger partial charge in [0, 0.05) is 4.88 Å². The van der Waals surface area contributed by atoms with Gasteiger partial charge in [0.25, 0.3) is 0 Å². The summed E-state index contributed by atoms with van der Waals surface area (Å²) in [4.78, 5) is 1.37. The number of aryl methyl sites for hydroxylation is 2. The molecular weight excluding hydrogens is 240 g/mol. The van der Waals surface area contributed by atoms with Crippen molar-refractivity contribution in [1.29, 1.82) is 0 Å². The van der Waals surface area contributed by atoms with Crippen LogP contribution in [0.2, 0.25) is 0 Å². The maximum atomic E-state index is 5.67. The lowest BCUT2D eigenvalue weighted by atomic mass is 10.0. The van der Waals surface area contributed by atoms with Gasteiger partial charge in [-0.1, -0.05) is 30.3 Å². The number of hydrogen-bond donors (Lipinski definition) is 2. The summed E-state index contributed by atoms with van der Waals surface area (Å²) in [7, 11) is 0. The van der Waals surface area contributed by atoms with Gasteiger partial charge in [0.05, 0.1) is 6.04 Å². The first kappa shape index (κ1) is 13.3. The minimum atomic E-state index is 0.286. The summed E-state index contributed by atoms with van der Waals surface area (Å²) in [5.41, 5.74) is 5.68. The zero-order chi connectivity index (χ0) is 12.8. The normalized spacial score (nSPS) is 12.6. The summed E-state index contributed by atoms with van der Waals surface area (Å²) in [6.07, 6.45) is 3.34. The van der Waals surface area contributed by atoms with Gasteiger partial charge < -0.3 is 0 Å². The third-order valence-electron chi connectivity index (χ3n) is 3.22. The molecule has 1 aromatic heterocycles. The van der Waals surface area contributed by atoms with Gasteiger partial charge in [0.2, 0.25) is 0 Å². The summed E-state index contributed by atoms with van der Waals surface area (Å²) < 4.78 is 0. The van der Waals surface area contributed by atoms with Crippen molar-refractivity contribution in [2.24, 2.45) is 5.84 Å². The van der Waals surface area contributed by atoms with Crippen LogP contribution in [0.3, 0.4) is 0 Å².